The molecule has 3 heteroatoms. The van der Waals surface area contributed by atoms with Crippen molar-refractivity contribution in [1.29, 1.82) is 0 Å². The Bertz CT molecular complexity index is 1210. The second-order valence-corrected chi connectivity index (χ2v) is 8.38. The van der Waals surface area contributed by atoms with E-state index in [0.717, 1.165) is 68.9 Å². The van der Waals surface area contributed by atoms with Gasteiger partial charge < -0.3 is 0 Å². The van der Waals surface area contributed by atoms with Gasteiger partial charge in [-0.25, -0.2) is 0 Å². The van der Waals surface area contributed by atoms with E-state index in [4.69, 9.17) is 0 Å². The van der Waals surface area contributed by atoms with E-state index in [1.54, 1.807) is 0 Å². The fraction of sp³-hybridized carbons (Fsp3) is 0.100. The van der Waals surface area contributed by atoms with E-state index in [0.29, 0.717) is 16.7 Å². The highest BCUT2D eigenvalue weighted by Crippen LogP contribution is 2.36. The molecule has 0 N–H and O–H groups in total. The van der Waals surface area contributed by atoms with E-state index in [-0.39, 0.29) is 0 Å². The van der Waals surface area contributed by atoms with Gasteiger partial charge in [-0.05, 0) is 107 Å². The molecule has 0 atom stereocenters. The molecule has 4 rings (SSSR count). The van der Waals surface area contributed by atoms with Crippen LogP contribution >= 0.6 is 0 Å². The van der Waals surface area contributed by atoms with E-state index < -0.39 is 0 Å². The van der Waals surface area contributed by atoms with Crippen molar-refractivity contribution in [3.8, 4) is 33.4 Å². The number of carbonyl (C=O) groups excluding carboxylic acids is 3. The molecule has 0 aliphatic rings. The number of hydrogen-bond acceptors (Lipinski definition) is 3. The molecule has 0 bridgehead atoms. The first kappa shape index (κ1) is 22.1. The van der Waals surface area contributed by atoms with E-state index in [9.17, 15) is 14.4 Å². The van der Waals surface area contributed by atoms with Gasteiger partial charge in [0.2, 0.25) is 0 Å². The maximum Gasteiger partial charge on any atom is 0.150 e. The summed E-state index contributed by atoms with van der Waals surface area (Å²) in [4.78, 5) is 33.6. The molecule has 0 aliphatic carbocycles. The summed E-state index contributed by atoms with van der Waals surface area (Å²) < 4.78 is 0. The Morgan fingerprint density at radius 1 is 0.424 bits per heavy atom. The summed E-state index contributed by atoms with van der Waals surface area (Å²) in [6.07, 6.45) is 2.57. The molecule has 0 aromatic heterocycles. The van der Waals surface area contributed by atoms with Gasteiger partial charge in [-0.15, -0.1) is 0 Å². The molecule has 0 aliphatic heterocycles. The van der Waals surface area contributed by atoms with Gasteiger partial charge in [0.05, 0.1) is 0 Å². The molecule has 162 valence electrons. The Labute approximate surface area is 193 Å². The van der Waals surface area contributed by atoms with E-state index >= 15 is 0 Å². The molecule has 0 saturated heterocycles. The van der Waals surface area contributed by atoms with Gasteiger partial charge in [-0.3, -0.25) is 14.4 Å². The minimum atomic E-state index is 0.647. The van der Waals surface area contributed by atoms with Crippen LogP contribution in [0.3, 0.4) is 0 Å². The molecular weight excluding hydrogens is 408 g/mol. The van der Waals surface area contributed by atoms with Gasteiger partial charge in [-0.2, -0.15) is 0 Å². The number of hydrogen-bond donors (Lipinski definition) is 0. The van der Waals surface area contributed by atoms with Crippen molar-refractivity contribution in [2.75, 3.05) is 0 Å². The first-order chi connectivity index (χ1) is 15.9. The summed E-state index contributed by atoms with van der Waals surface area (Å²) in [5, 5.41) is 0. The summed E-state index contributed by atoms with van der Waals surface area (Å²) in [6.45, 7) is 6.01. The van der Waals surface area contributed by atoms with Crippen LogP contribution in [0.5, 0.6) is 0 Å². The quantitative estimate of drug-likeness (QED) is 0.307. The Morgan fingerprint density at radius 3 is 0.909 bits per heavy atom. The maximum atomic E-state index is 11.2. The van der Waals surface area contributed by atoms with Crippen LogP contribution in [-0.2, 0) is 0 Å². The van der Waals surface area contributed by atoms with Gasteiger partial charge in [0.15, 0.2) is 0 Å². The number of benzene rings is 4. The van der Waals surface area contributed by atoms with Gasteiger partial charge in [0.25, 0.3) is 0 Å². The molecule has 0 amide bonds. The largest absolute Gasteiger partial charge is 0.298 e. The average molecular weight is 433 g/mol. The second-order valence-electron chi connectivity index (χ2n) is 8.38. The molecular formula is C30H24O3. The Hall–Kier alpha value is -4.11. The lowest BCUT2D eigenvalue weighted by atomic mass is 9.88. The lowest BCUT2D eigenvalue weighted by Crippen LogP contribution is -1.93. The molecule has 0 fully saturated rings. The molecule has 33 heavy (non-hydrogen) atoms. The zero-order valence-electron chi connectivity index (χ0n) is 18.9. The van der Waals surface area contributed by atoms with Crippen molar-refractivity contribution in [2.45, 2.75) is 20.8 Å². The smallest absolute Gasteiger partial charge is 0.150 e. The highest BCUT2D eigenvalue weighted by molar-refractivity contribution is 5.87. The van der Waals surface area contributed by atoms with Gasteiger partial charge in [0.1, 0.15) is 18.9 Å². The van der Waals surface area contributed by atoms with Gasteiger partial charge in [-0.1, -0.05) is 36.4 Å². The fourth-order valence-electron chi connectivity index (χ4n) is 4.35. The maximum absolute atomic E-state index is 11.2. The Balaban J connectivity index is 1.97. The van der Waals surface area contributed by atoms with Crippen LogP contribution in [0.1, 0.15) is 47.8 Å². The van der Waals surface area contributed by atoms with Crippen LogP contribution in [0.4, 0.5) is 0 Å². The van der Waals surface area contributed by atoms with Crippen LogP contribution in [-0.4, -0.2) is 18.9 Å². The summed E-state index contributed by atoms with van der Waals surface area (Å²) >= 11 is 0. The van der Waals surface area contributed by atoms with Gasteiger partial charge >= 0.3 is 0 Å². The summed E-state index contributed by atoms with van der Waals surface area (Å²) in [6, 6.07) is 23.5. The van der Waals surface area contributed by atoms with Gasteiger partial charge in [0, 0.05) is 16.7 Å². The van der Waals surface area contributed by atoms with E-state index in [2.05, 4.69) is 18.2 Å². The van der Waals surface area contributed by atoms with E-state index in [1.165, 1.54) is 0 Å². The highest BCUT2D eigenvalue weighted by Gasteiger charge is 2.12. The van der Waals surface area contributed by atoms with Crippen LogP contribution in [0, 0.1) is 20.8 Å². The van der Waals surface area contributed by atoms with Crippen LogP contribution in [0.25, 0.3) is 33.4 Å². The molecule has 4 aromatic carbocycles. The molecule has 0 unspecified atom stereocenters. The number of aryl methyl sites for hydroxylation is 3. The summed E-state index contributed by atoms with van der Waals surface area (Å²) in [5.41, 5.74) is 11.3. The molecule has 0 heterocycles. The van der Waals surface area contributed by atoms with Crippen molar-refractivity contribution in [3.05, 3.63) is 106 Å². The van der Waals surface area contributed by atoms with Crippen molar-refractivity contribution < 1.29 is 14.4 Å². The first-order valence-corrected chi connectivity index (χ1v) is 10.8. The minimum Gasteiger partial charge on any atom is -0.298 e. The lowest BCUT2D eigenvalue weighted by Gasteiger charge is -2.16. The molecule has 3 nitrogen and oxygen atoms in total. The van der Waals surface area contributed by atoms with Crippen LogP contribution in [0.2, 0.25) is 0 Å². The lowest BCUT2D eigenvalue weighted by molar-refractivity contribution is 0.111. The molecule has 0 radical (unpaired) electrons. The molecule has 0 saturated carbocycles. The van der Waals surface area contributed by atoms with Crippen molar-refractivity contribution in [1.82, 2.24) is 0 Å². The minimum absolute atomic E-state index is 0.647. The van der Waals surface area contributed by atoms with Crippen LogP contribution in [0.15, 0.2) is 72.8 Å². The monoisotopic (exact) mass is 432 g/mol. The zero-order valence-corrected chi connectivity index (χ0v) is 18.9. The number of aldehydes is 3. The highest BCUT2D eigenvalue weighted by atomic mass is 16.1. The standard InChI is InChI=1S/C30H24O3/c1-19-10-22(16-31)4-7-28(19)25-13-26(29-8-5-23(17-32)11-20(29)2)15-27(14-25)30-9-6-24(18-33)12-21(30)3/h4-18H,1-3H3. The molecule has 4 aromatic rings. The summed E-state index contributed by atoms with van der Waals surface area (Å²) in [5.74, 6) is 0. The van der Waals surface area contributed by atoms with Crippen molar-refractivity contribution in [3.63, 3.8) is 0 Å². The van der Waals surface area contributed by atoms with Crippen molar-refractivity contribution >= 4 is 18.9 Å². The number of rotatable bonds is 6. The Kier molecular flexibility index (Phi) is 6.14. The first-order valence-electron chi connectivity index (χ1n) is 10.8. The average Bonchev–Trinajstić information content (AvgIpc) is 2.83. The second kappa shape index (κ2) is 9.17. The third-order valence-corrected chi connectivity index (χ3v) is 6.03. The SMILES string of the molecule is Cc1cc(C=O)ccc1-c1cc(-c2ccc(C=O)cc2C)cc(-c2ccc(C=O)cc2C)c1. The predicted octanol–water partition coefficient (Wildman–Crippen LogP) is 7.05. The third-order valence-electron chi connectivity index (χ3n) is 6.03. The van der Waals surface area contributed by atoms with Crippen LogP contribution < -0.4 is 0 Å². The third kappa shape index (κ3) is 4.44. The topological polar surface area (TPSA) is 51.2 Å². The Morgan fingerprint density at radius 2 is 0.697 bits per heavy atom. The predicted molar refractivity (Wildman–Crippen MR) is 133 cm³/mol. The summed E-state index contributed by atoms with van der Waals surface area (Å²) in [7, 11) is 0. The number of carbonyl (C=O) groups is 3. The zero-order chi connectivity index (χ0) is 23.5. The van der Waals surface area contributed by atoms with E-state index in [1.807, 2.05) is 75.4 Å². The molecule has 0 spiro atoms. The van der Waals surface area contributed by atoms with Crippen molar-refractivity contribution in [2.24, 2.45) is 0 Å². The normalized spacial score (nSPS) is 10.6. The fourth-order valence-corrected chi connectivity index (χ4v) is 4.35.